The van der Waals surface area contributed by atoms with E-state index in [1.165, 1.54) is 17.6 Å². The lowest BCUT2D eigenvalue weighted by Crippen LogP contribution is -2.14. The number of hydrogen-bond donors (Lipinski definition) is 1. The number of hydrogen-bond acceptors (Lipinski definition) is 7. The number of esters is 1. The monoisotopic (exact) mass is 292 g/mol. The molecule has 1 N–H and O–H groups in total. The number of ether oxygens (including phenoxy) is 1. The van der Waals surface area contributed by atoms with E-state index in [0.717, 1.165) is 4.88 Å². The lowest BCUT2D eigenvalue weighted by atomic mass is 10.4. The quantitative estimate of drug-likeness (QED) is 0.790. The molecule has 0 aliphatic rings. The Morgan fingerprint density at radius 1 is 1.50 bits per heavy atom. The van der Waals surface area contributed by atoms with Crippen molar-refractivity contribution in [3.05, 3.63) is 10.6 Å². The second kappa shape index (κ2) is 6.14. The Balaban J connectivity index is 2.64. The minimum atomic E-state index is -3.00. The summed E-state index contributed by atoms with van der Waals surface area (Å²) >= 11 is 1.30. The van der Waals surface area contributed by atoms with Gasteiger partial charge in [-0.05, 0) is 13.8 Å². The number of sulfone groups is 1. The van der Waals surface area contributed by atoms with Crippen LogP contribution in [0.5, 0.6) is 0 Å². The average molecular weight is 292 g/mol. The van der Waals surface area contributed by atoms with Crippen LogP contribution in [0.3, 0.4) is 0 Å². The summed E-state index contributed by atoms with van der Waals surface area (Å²) in [5, 5.41) is 3.41. The predicted molar refractivity (Wildman–Crippen MR) is 71.0 cm³/mol. The van der Waals surface area contributed by atoms with E-state index in [2.05, 4.69) is 10.3 Å². The van der Waals surface area contributed by atoms with Crippen LogP contribution in [0.15, 0.2) is 0 Å². The fourth-order valence-corrected chi connectivity index (χ4v) is 2.50. The van der Waals surface area contributed by atoms with Gasteiger partial charge in [-0.3, -0.25) is 0 Å². The van der Waals surface area contributed by atoms with E-state index >= 15 is 0 Å². The van der Waals surface area contributed by atoms with Crippen LogP contribution in [0.2, 0.25) is 0 Å². The first kappa shape index (κ1) is 14.9. The van der Waals surface area contributed by atoms with E-state index in [4.69, 9.17) is 4.74 Å². The van der Waals surface area contributed by atoms with Crippen molar-refractivity contribution in [2.45, 2.75) is 13.8 Å². The molecule has 0 radical (unpaired) electrons. The van der Waals surface area contributed by atoms with Crippen LogP contribution in [-0.2, 0) is 14.6 Å². The first-order valence-corrected chi connectivity index (χ1v) is 8.27. The molecule has 0 aliphatic carbocycles. The summed E-state index contributed by atoms with van der Waals surface area (Å²) in [7, 11) is -3.00. The highest BCUT2D eigenvalue weighted by atomic mass is 32.2. The lowest BCUT2D eigenvalue weighted by Gasteiger charge is -2.00. The van der Waals surface area contributed by atoms with E-state index < -0.39 is 15.8 Å². The van der Waals surface area contributed by atoms with Crippen LogP contribution in [0.25, 0.3) is 0 Å². The number of nitrogens with one attached hydrogen (secondary N) is 1. The zero-order valence-corrected chi connectivity index (χ0v) is 12.2. The molecule has 0 saturated carbocycles. The molecule has 18 heavy (non-hydrogen) atoms. The van der Waals surface area contributed by atoms with E-state index in [0.29, 0.717) is 11.7 Å². The molecule has 0 spiro atoms. The summed E-state index contributed by atoms with van der Waals surface area (Å²) < 4.78 is 26.8. The molecule has 8 heteroatoms. The summed E-state index contributed by atoms with van der Waals surface area (Å²) in [5.74, 6) is -0.428. The SMILES string of the molecule is CCOC(=O)c1nc(NCCS(C)(=O)=O)sc1C. The molecule has 1 heterocycles. The molecule has 0 saturated heterocycles. The number of thiazole rings is 1. The molecule has 0 aromatic carbocycles. The number of aromatic nitrogens is 1. The largest absolute Gasteiger partial charge is 0.461 e. The molecule has 6 nitrogen and oxygen atoms in total. The van der Waals surface area contributed by atoms with Gasteiger partial charge < -0.3 is 10.1 Å². The van der Waals surface area contributed by atoms with Gasteiger partial charge in [0.2, 0.25) is 0 Å². The fraction of sp³-hybridized carbons (Fsp3) is 0.600. The molecule has 102 valence electrons. The predicted octanol–water partition coefficient (Wildman–Crippen LogP) is 1.08. The number of anilines is 1. The topological polar surface area (TPSA) is 85.4 Å². The van der Waals surface area contributed by atoms with E-state index in [-0.39, 0.29) is 18.0 Å². The number of carbonyl (C=O) groups excluding carboxylic acids is 1. The molecule has 0 unspecified atom stereocenters. The maximum atomic E-state index is 11.5. The van der Waals surface area contributed by atoms with E-state index in [1.54, 1.807) is 13.8 Å². The van der Waals surface area contributed by atoms with Crippen LogP contribution in [0.4, 0.5) is 5.13 Å². The molecule has 0 amide bonds. The fourth-order valence-electron chi connectivity index (χ4n) is 1.20. The van der Waals surface area contributed by atoms with Crippen molar-refractivity contribution in [1.29, 1.82) is 0 Å². The lowest BCUT2D eigenvalue weighted by molar-refractivity contribution is 0.0519. The molecule has 0 fully saturated rings. The van der Waals surface area contributed by atoms with Crippen LogP contribution in [0, 0.1) is 6.92 Å². The van der Waals surface area contributed by atoms with Gasteiger partial charge >= 0.3 is 5.97 Å². The van der Waals surface area contributed by atoms with Gasteiger partial charge in [-0.25, -0.2) is 18.2 Å². The number of aryl methyl sites for hydroxylation is 1. The highest BCUT2D eigenvalue weighted by Gasteiger charge is 2.16. The zero-order chi connectivity index (χ0) is 13.8. The van der Waals surface area contributed by atoms with E-state index in [9.17, 15) is 13.2 Å². The summed E-state index contributed by atoms with van der Waals surface area (Å²) in [4.78, 5) is 16.3. The van der Waals surface area contributed by atoms with Gasteiger partial charge in [0, 0.05) is 17.7 Å². The first-order valence-electron chi connectivity index (χ1n) is 5.39. The van der Waals surface area contributed by atoms with Gasteiger partial charge in [-0.15, -0.1) is 11.3 Å². The second-order valence-corrected chi connectivity index (χ2v) is 7.16. The molecule has 1 aromatic rings. The maximum Gasteiger partial charge on any atom is 0.358 e. The third-order valence-electron chi connectivity index (χ3n) is 2.01. The molecular weight excluding hydrogens is 276 g/mol. The van der Waals surface area contributed by atoms with Crippen LogP contribution in [0.1, 0.15) is 22.3 Å². The van der Waals surface area contributed by atoms with Gasteiger partial charge in [-0.1, -0.05) is 0 Å². The molecule has 0 bridgehead atoms. The Hall–Kier alpha value is -1.15. The van der Waals surface area contributed by atoms with Crippen LogP contribution < -0.4 is 5.32 Å². The molecule has 1 rings (SSSR count). The van der Waals surface area contributed by atoms with Crippen LogP contribution >= 0.6 is 11.3 Å². The highest BCUT2D eigenvalue weighted by Crippen LogP contribution is 2.22. The van der Waals surface area contributed by atoms with Gasteiger partial charge in [-0.2, -0.15) is 0 Å². The summed E-state index contributed by atoms with van der Waals surface area (Å²) in [5.41, 5.74) is 0.281. The Morgan fingerprint density at radius 3 is 2.72 bits per heavy atom. The number of rotatable bonds is 6. The highest BCUT2D eigenvalue weighted by molar-refractivity contribution is 7.90. The van der Waals surface area contributed by atoms with Crippen LogP contribution in [-0.4, -0.2) is 44.5 Å². The Labute approximate surface area is 110 Å². The maximum absolute atomic E-state index is 11.5. The molecule has 1 aromatic heterocycles. The molecule has 0 atom stereocenters. The summed E-state index contributed by atoms with van der Waals surface area (Å²) in [6.45, 7) is 4.07. The second-order valence-electron chi connectivity index (χ2n) is 3.70. The summed E-state index contributed by atoms with van der Waals surface area (Å²) in [6, 6.07) is 0. The van der Waals surface area contributed by atoms with Crippen molar-refractivity contribution in [2.75, 3.05) is 30.5 Å². The standard InChI is InChI=1S/C10H16N2O4S2/c1-4-16-9(13)8-7(2)17-10(12-8)11-5-6-18(3,14)15/h4-6H2,1-3H3,(H,11,12). The smallest absolute Gasteiger partial charge is 0.358 e. The molecular formula is C10H16N2O4S2. The van der Waals surface area contributed by atoms with E-state index in [1.807, 2.05) is 0 Å². The first-order chi connectivity index (χ1) is 8.33. The number of carbonyl (C=O) groups is 1. The minimum Gasteiger partial charge on any atom is -0.461 e. The Bertz CT molecular complexity index is 522. The van der Waals surface area contributed by atoms with Gasteiger partial charge in [0.05, 0.1) is 12.4 Å². The third kappa shape index (κ3) is 4.61. The minimum absolute atomic E-state index is 0.0281. The zero-order valence-electron chi connectivity index (χ0n) is 10.5. The normalized spacial score (nSPS) is 11.3. The third-order valence-corrected chi connectivity index (χ3v) is 3.89. The number of nitrogens with zero attached hydrogens (tertiary/aromatic N) is 1. The van der Waals surface area contributed by atoms with Crippen molar-refractivity contribution >= 4 is 32.3 Å². The van der Waals surface area contributed by atoms with Crippen molar-refractivity contribution in [1.82, 2.24) is 4.98 Å². The van der Waals surface area contributed by atoms with Gasteiger partial charge in [0.15, 0.2) is 10.8 Å². The van der Waals surface area contributed by atoms with Crippen molar-refractivity contribution in [2.24, 2.45) is 0 Å². The summed E-state index contributed by atoms with van der Waals surface area (Å²) in [6.07, 6.45) is 1.17. The van der Waals surface area contributed by atoms with Crippen molar-refractivity contribution in [3.63, 3.8) is 0 Å². The van der Waals surface area contributed by atoms with Gasteiger partial charge in [0.1, 0.15) is 9.84 Å². The van der Waals surface area contributed by atoms with Gasteiger partial charge in [0.25, 0.3) is 0 Å². The molecule has 0 aliphatic heterocycles. The average Bonchev–Trinajstić information content (AvgIpc) is 2.58. The van der Waals surface area contributed by atoms with Crippen molar-refractivity contribution in [3.8, 4) is 0 Å². The van der Waals surface area contributed by atoms with Crippen molar-refractivity contribution < 1.29 is 17.9 Å². The Kier molecular flexibility index (Phi) is 5.09. The Morgan fingerprint density at radius 2 is 2.17 bits per heavy atom.